The molecular weight excluding hydrogens is 326 g/mol. The average molecular weight is 347 g/mol. The number of likely N-dealkylation sites (tertiary alicyclic amines) is 1. The molecule has 3 heterocycles. The standard InChI is InChI=1S/C21H21N3O2/c25-21(19-13-20(26-23-19)17-10-6-11-22-14-17)24-12-5-4-9-18(15-24)16-7-2-1-3-8-16/h1-3,6-8,10-11,13-14,18H,4-5,9,12,15H2/t18-/m1/s1. The highest BCUT2D eigenvalue weighted by Gasteiger charge is 2.26. The fourth-order valence-corrected chi connectivity index (χ4v) is 3.51. The predicted molar refractivity (Wildman–Crippen MR) is 98.7 cm³/mol. The van der Waals surface area contributed by atoms with Gasteiger partial charge in [0.25, 0.3) is 5.91 Å². The largest absolute Gasteiger partial charge is 0.355 e. The maximum Gasteiger partial charge on any atom is 0.276 e. The average Bonchev–Trinajstić information content (AvgIpc) is 3.07. The molecule has 0 unspecified atom stereocenters. The van der Waals surface area contributed by atoms with E-state index in [2.05, 4.69) is 34.4 Å². The van der Waals surface area contributed by atoms with E-state index in [-0.39, 0.29) is 5.91 Å². The van der Waals surface area contributed by atoms with Crippen molar-refractivity contribution in [3.8, 4) is 11.3 Å². The van der Waals surface area contributed by atoms with Gasteiger partial charge in [-0.3, -0.25) is 9.78 Å². The molecule has 1 aliphatic rings. The maximum atomic E-state index is 13.0. The molecule has 0 radical (unpaired) electrons. The van der Waals surface area contributed by atoms with Gasteiger partial charge in [0.1, 0.15) is 0 Å². The summed E-state index contributed by atoms with van der Waals surface area (Å²) in [6, 6.07) is 15.9. The molecule has 0 saturated carbocycles. The second-order valence-corrected chi connectivity index (χ2v) is 6.67. The van der Waals surface area contributed by atoms with Crippen LogP contribution in [0.1, 0.15) is 41.2 Å². The lowest BCUT2D eigenvalue weighted by Gasteiger charge is -2.24. The Morgan fingerprint density at radius 2 is 2.00 bits per heavy atom. The number of nitrogens with zero attached hydrogens (tertiary/aromatic N) is 3. The van der Waals surface area contributed by atoms with Gasteiger partial charge in [-0.15, -0.1) is 0 Å². The molecule has 3 aromatic rings. The van der Waals surface area contributed by atoms with E-state index in [0.717, 1.165) is 37.9 Å². The van der Waals surface area contributed by atoms with E-state index in [1.807, 2.05) is 23.1 Å². The molecule has 2 aromatic heterocycles. The third-order valence-electron chi connectivity index (χ3n) is 4.90. The minimum Gasteiger partial charge on any atom is -0.355 e. The normalized spacial score (nSPS) is 17.7. The van der Waals surface area contributed by atoms with Crippen molar-refractivity contribution in [2.75, 3.05) is 13.1 Å². The number of hydrogen-bond acceptors (Lipinski definition) is 4. The highest BCUT2D eigenvalue weighted by atomic mass is 16.5. The van der Waals surface area contributed by atoms with E-state index in [1.54, 1.807) is 18.5 Å². The zero-order chi connectivity index (χ0) is 17.8. The first-order chi connectivity index (χ1) is 12.8. The maximum absolute atomic E-state index is 13.0. The van der Waals surface area contributed by atoms with Crippen LogP contribution in [0, 0.1) is 0 Å². The summed E-state index contributed by atoms with van der Waals surface area (Å²) in [6.45, 7) is 1.48. The topological polar surface area (TPSA) is 59.2 Å². The van der Waals surface area contributed by atoms with Crippen LogP contribution < -0.4 is 0 Å². The fraction of sp³-hybridized carbons (Fsp3) is 0.286. The number of carbonyl (C=O) groups excluding carboxylic acids is 1. The fourth-order valence-electron chi connectivity index (χ4n) is 3.51. The zero-order valence-corrected chi connectivity index (χ0v) is 14.5. The van der Waals surface area contributed by atoms with Crippen LogP contribution in [0.3, 0.4) is 0 Å². The Labute approximate surface area is 152 Å². The molecule has 0 aliphatic carbocycles. The monoisotopic (exact) mass is 347 g/mol. The minimum absolute atomic E-state index is 0.0632. The smallest absolute Gasteiger partial charge is 0.276 e. The Morgan fingerprint density at radius 3 is 2.81 bits per heavy atom. The number of carbonyl (C=O) groups is 1. The van der Waals surface area contributed by atoms with Crippen molar-refractivity contribution < 1.29 is 9.32 Å². The molecule has 0 N–H and O–H groups in total. The van der Waals surface area contributed by atoms with E-state index in [0.29, 0.717) is 17.4 Å². The van der Waals surface area contributed by atoms with Crippen molar-refractivity contribution in [3.05, 3.63) is 72.2 Å². The molecule has 1 aliphatic heterocycles. The third-order valence-corrected chi connectivity index (χ3v) is 4.90. The number of benzene rings is 1. The molecule has 132 valence electrons. The number of pyridine rings is 1. The minimum atomic E-state index is -0.0632. The molecule has 5 heteroatoms. The van der Waals surface area contributed by atoms with E-state index in [9.17, 15) is 4.79 Å². The summed E-state index contributed by atoms with van der Waals surface area (Å²) >= 11 is 0. The quantitative estimate of drug-likeness (QED) is 0.714. The molecule has 26 heavy (non-hydrogen) atoms. The number of amides is 1. The first-order valence-electron chi connectivity index (χ1n) is 9.02. The van der Waals surface area contributed by atoms with E-state index >= 15 is 0 Å². The predicted octanol–water partition coefficient (Wildman–Crippen LogP) is 4.15. The van der Waals surface area contributed by atoms with Crippen LogP contribution in [-0.2, 0) is 0 Å². The van der Waals surface area contributed by atoms with Gasteiger partial charge in [0.2, 0.25) is 0 Å². The number of aromatic nitrogens is 2. The Morgan fingerprint density at radius 1 is 1.12 bits per heavy atom. The molecule has 1 fully saturated rings. The van der Waals surface area contributed by atoms with Gasteiger partial charge >= 0.3 is 0 Å². The van der Waals surface area contributed by atoms with Crippen LogP contribution >= 0.6 is 0 Å². The second-order valence-electron chi connectivity index (χ2n) is 6.67. The SMILES string of the molecule is O=C(c1cc(-c2cccnc2)on1)N1CCCC[C@@H](c2ccccc2)C1. The zero-order valence-electron chi connectivity index (χ0n) is 14.5. The molecule has 4 rings (SSSR count). The first-order valence-corrected chi connectivity index (χ1v) is 9.02. The lowest BCUT2D eigenvalue weighted by molar-refractivity contribution is 0.0744. The van der Waals surface area contributed by atoms with Gasteiger partial charge in [0, 0.05) is 43.0 Å². The van der Waals surface area contributed by atoms with Crippen molar-refractivity contribution in [1.29, 1.82) is 0 Å². The Kier molecular flexibility index (Phi) is 4.78. The van der Waals surface area contributed by atoms with Gasteiger partial charge in [-0.25, -0.2) is 0 Å². The summed E-state index contributed by atoms with van der Waals surface area (Å²) in [4.78, 5) is 19.0. The van der Waals surface area contributed by atoms with Crippen molar-refractivity contribution in [3.63, 3.8) is 0 Å². The van der Waals surface area contributed by atoms with Crippen molar-refractivity contribution in [1.82, 2.24) is 15.0 Å². The lowest BCUT2D eigenvalue weighted by Crippen LogP contribution is -2.34. The van der Waals surface area contributed by atoms with E-state index in [4.69, 9.17) is 4.52 Å². The van der Waals surface area contributed by atoms with Crippen molar-refractivity contribution in [2.45, 2.75) is 25.2 Å². The summed E-state index contributed by atoms with van der Waals surface area (Å²) < 4.78 is 5.37. The van der Waals surface area contributed by atoms with Crippen LogP contribution in [0.25, 0.3) is 11.3 Å². The highest BCUT2D eigenvalue weighted by Crippen LogP contribution is 2.27. The molecule has 0 bridgehead atoms. The Hall–Kier alpha value is -2.95. The molecule has 1 atom stereocenters. The van der Waals surface area contributed by atoms with Gasteiger partial charge in [-0.1, -0.05) is 41.9 Å². The van der Waals surface area contributed by atoms with Crippen LogP contribution in [-0.4, -0.2) is 34.0 Å². The van der Waals surface area contributed by atoms with Crippen molar-refractivity contribution in [2.24, 2.45) is 0 Å². The van der Waals surface area contributed by atoms with E-state index in [1.165, 1.54) is 5.56 Å². The van der Waals surface area contributed by atoms with Crippen LogP contribution in [0.2, 0.25) is 0 Å². The Bertz CT molecular complexity index is 861. The van der Waals surface area contributed by atoms with Gasteiger partial charge < -0.3 is 9.42 Å². The van der Waals surface area contributed by atoms with Crippen LogP contribution in [0.15, 0.2) is 65.4 Å². The molecule has 0 spiro atoms. The Balaban J connectivity index is 1.53. The third kappa shape index (κ3) is 3.52. The van der Waals surface area contributed by atoms with Gasteiger partial charge in [-0.2, -0.15) is 0 Å². The summed E-state index contributed by atoms with van der Waals surface area (Å²) in [5, 5.41) is 4.00. The highest BCUT2D eigenvalue weighted by molar-refractivity contribution is 5.93. The molecule has 1 aromatic carbocycles. The number of rotatable bonds is 3. The van der Waals surface area contributed by atoms with Gasteiger partial charge in [0.15, 0.2) is 11.5 Å². The summed E-state index contributed by atoms with van der Waals surface area (Å²) in [5.41, 5.74) is 2.47. The summed E-state index contributed by atoms with van der Waals surface area (Å²) in [7, 11) is 0. The van der Waals surface area contributed by atoms with Gasteiger partial charge in [0.05, 0.1) is 0 Å². The second kappa shape index (κ2) is 7.52. The summed E-state index contributed by atoms with van der Waals surface area (Å²) in [6.07, 6.45) is 6.65. The van der Waals surface area contributed by atoms with Crippen LogP contribution in [0.5, 0.6) is 0 Å². The first kappa shape index (κ1) is 16.5. The molecule has 1 saturated heterocycles. The van der Waals surface area contributed by atoms with E-state index < -0.39 is 0 Å². The number of hydrogen-bond donors (Lipinski definition) is 0. The molecule has 1 amide bonds. The lowest BCUT2D eigenvalue weighted by atomic mass is 9.94. The molecule has 5 nitrogen and oxygen atoms in total. The van der Waals surface area contributed by atoms with Crippen molar-refractivity contribution >= 4 is 5.91 Å². The van der Waals surface area contributed by atoms with Crippen LogP contribution in [0.4, 0.5) is 0 Å². The summed E-state index contributed by atoms with van der Waals surface area (Å²) in [5.74, 6) is 0.870. The molecular formula is C21H21N3O2. The van der Waals surface area contributed by atoms with Gasteiger partial charge in [-0.05, 0) is 30.5 Å².